The Kier molecular flexibility index (Phi) is 4.25. The maximum Gasteiger partial charge on any atom is 0.274 e. The van der Waals surface area contributed by atoms with Gasteiger partial charge < -0.3 is 0 Å². The average Bonchev–Trinajstić information content (AvgIpc) is 2.70. The van der Waals surface area contributed by atoms with Gasteiger partial charge in [-0.3, -0.25) is 9.89 Å². The minimum absolute atomic E-state index is 0.106. The van der Waals surface area contributed by atoms with Crippen molar-refractivity contribution in [1.29, 1.82) is 0 Å². The standard InChI is InChI=1S/C16H22N2O/c1-4-6-14-15(7-5-2)17-18(16(14)19)13-10-8-12(3)9-11-13/h8-11,17H,4-7H2,1-3H3. The van der Waals surface area contributed by atoms with Crippen LogP contribution in [0.5, 0.6) is 0 Å². The average molecular weight is 258 g/mol. The molecule has 3 nitrogen and oxygen atoms in total. The Morgan fingerprint density at radius 3 is 2.26 bits per heavy atom. The Morgan fingerprint density at radius 2 is 1.68 bits per heavy atom. The quantitative estimate of drug-likeness (QED) is 0.877. The molecule has 0 fully saturated rings. The number of rotatable bonds is 5. The van der Waals surface area contributed by atoms with E-state index < -0.39 is 0 Å². The third-order valence-electron chi connectivity index (χ3n) is 3.36. The maximum absolute atomic E-state index is 12.5. The number of aromatic amines is 1. The highest BCUT2D eigenvalue weighted by Crippen LogP contribution is 2.12. The lowest BCUT2D eigenvalue weighted by Crippen LogP contribution is -2.17. The van der Waals surface area contributed by atoms with Crippen LogP contribution in [0.25, 0.3) is 5.69 Å². The van der Waals surface area contributed by atoms with E-state index in [0.717, 1.165) is 42.6 Å². The molecule has 0 saturated heterocycles. The molecule has 0 spiro atoms. The van der Waals surface area contributed by atoms with Crippen LogP contribution in [0.4, 0.5) is 0 Å². The van der Waals surface area contributed by atoms with Gasteiger partial charge >= 0.3 is 0 Å². The second-order valence-corrected chi connectivity index (χ2v) is 5.05. The first kappa shape index (κ1) is 13.7. The Balaban J connectivity index is 2.49. The number of aromatic nitrogens is 2. The summed E-state index contributed by atoms with van der Waals surface area (Å²) in [5.74, 6) is 0. The molecule has 0 aliphatic rings. The van der Waals surface area contributed by atoms with Gasteiger partial charge in [0, 0.05) is 11.3 Å². The van der Waals surface area contributed by atoms with Gasteiger partial charge in [0.2, 0.25) is 0 Å². The number of nitrogens with zero attached hydrogens (tertiary/aromatic N) is 1. The number of benzene rings is 1. The van der Waals surface area contributed by atoms with Crippen molar-refractivity contribution in [3.63, 3.8) is 0 Å². The predicted molar refractivity (Wildman–Crippen MR) is 79.1 cm³/mol. The SMILES string of the molecule is CCCc1[nH]n(-c2ccc(C)cc2)c(=O)c1CCC. The molecule has 1 heterocycles. The third kappa shape index (κ3) is 2.80. The van der Waals surface area contributed by atoms with Crippen LogP contribution in [0.15, 0.2) is 29.1 Å². The van der Waals surface area contributed by atoms with E-state index in [0.29, 0.717) is 0 Å². The molecule has 0 aliphatic carbocycles. The van der Waals surface area contributed by atoms with Crippen LogP contribution in [0.2, 0.25) is 0 Å². The molecule has 0 saturated carbocycles. The van der Waals surface area contributed by atoms with Crippen LogP contribution in [0.1, 0.15) is 43.5 Å². The second-order valence-electron chi connectivity index (χ2n) is 5.05. The number of aryl methyl sites for hydroxylation is 2. The topological polar surface area (TPSA) is 37.8 Å². The molecule has 19 heavy (non-hydrogen) atoms. The van der Waals surface area contributed by atoms with Crippen LogP contribution in [0.3, 0.4) is 0 Å². The van der Waals surface area contributed by atoms with Gasteiger partial charge in [-0.1, -0.05) is 44.4 Å². The molecule has 1 aromatic carbocycles. The van der Waals surface area contributed by atoms with Crippen molar-refractivity contribution in [2.45, 2.75) is 46.5 Å². The highest BCUT2D eigenvalue weighted by molar-refractivity contribution is 5.35. The zero-order valence-electron chi connectivity index (χ0n) is 12.0. The summed E-state index contributed by atoms with van der Waals surface area (Å²) < 4.78 is 1.68. The first-order valence-electron chi connectivity index (χ1n) is 7.07. The van der Waals surface area contributed by atoms with E-state index in [1.807, 2.05) is 31.2 Å². The van der Waals surface area contributed by atoms with E-state index in [2.05, 4.69) is 18.9 Å². The van der Waals surface area contributed by atoms with E-state index >= 15 is 0 Å². The number of H-pyrrole nitrogens is 1. The molecular weight excluding hydrogens is 236 g/mol. The summed E-state index contributed by atoms with van der Waals surface area (Å²) >= 11 is 0. The third-order valence-corrected chi connectivity index (χ3v) is 3.36. The van der Waals surface area contributed by atoms with Crippen molar-refractivity contribution in [2.24, 2.45) is 0 Å². The molecule has 0 bridgehead atoms. The molecular formula is C16H22N2O. The molecule has 0 unspecified atom stereocenters. The molecule has 3 heteroatoms. The van der Waals surface area contributed by atoms with E-state index in [1.165, 1.54) is 5.56 Å². The molecule has 0 atom stereocenters. The van der Waals surface area contributed by atoms with Gasteiger partial charge in [-0.25, -0.2) is 4.68 Å². The van der Waals surface area contributed by atoms with Crippen LogP contribution < -0.4 is 5.56 Å². The van der Waals surface area contributed by atoms with E-state index in [4.69, 9.17) is 0 Å². The maximum atomic E-state index is 12.5. The van der Waals surface area contributed by atoms with E-state index in [1.54, 1.807) is 4.68 Å². The molecule has 102 valence electrons. The Labute approximate surface area is 114 Å². The predicted octanol–water partition coefficient (Wildman–Crippen LogP) is 3.38. The Hall–Kier alpha value is -1.77. The fraction of sp³-hybridized carbons (Fsp3) is 0.438. The van der Waals surface area contributed by atoms with E-state index in [9.17, 15) is 4.79 Å². The molecule has 2 rings (SSSR count). The van der Waals surface area contributed by atoms with Gasteiger partial charge in [0.05, 0.1) is 5.69 Å². The summed E-state index contributed by atoms with van der Waals surface area (Å²) in [7, 11) is 0. The fourth-order valence-corrected chi connectivity index (χ4v) is 2.36. The number of nitrogens with one attached hydrogen (secondary N) is 1. The summed E-state index contributed by atoms with van der Waals surface area (Å²) in [6.45, 7) is 6.29. The fourth-order valence-electron chi connectivity index (χ4n) is 2.36. The molecule has 1 N–H and O–H groups in total. The van der Waals surface area contributed by atoms with Crippen molar-refractivity contribution >= 4 is 0 Å². The summed E-state index contributed by atoms with van der Waals surface area (Å²) in [5.41, 5.74) is 4.26. The molecule has 0 aliphatic heterocycles. The lowest BCUT2D eigenvalue weighted by Gasteiger charge is -2.02. The first-order valence-corrected chi connectivity index (χ1v) is 7.07. The highest BCUT2D eigenvalue weighted by Gasteiger charge is 2.13. The van der Waals surface area contributed by atoms with Crippen molar-refractivity contribution in [3.8, 4) is 5.69 Å². The minimum Gasteiger partial charge on any atom is -0.295 e. The Bertz CT molecular complexity index is 590. The van der Waals surface area contributed by atoms with Gasteiger partial charge in [-0.15, -0.1) is 0 Å². The van der Waals surface area contributed by atoms with Crippen molar-refractivity contribution in [1.82, 2.24) is 9.78 Å². The van der Waals surface area contributed by atoms with Crippen molar-refractivity contribution < 1.29 is 0 Å². The van der Waals surface area contributed by atoms with Gasteiger partial charge in [0.1, 0.15) is 0 Å². The smallest absolute Gasteiger partial charge is 0.274 e. The van der Waals surface area contributed by atoms with Crippen LogP contribution in [-0.4, -0.2) is 9.78 Å². The lowest BCUT2D eigenvalue weighted by atomic mass is 10.1. The largest absolute Gasteiger partial charge is 0.295 e. The normalized spacial score (nSPS) is 10.9. The van der Waals surface area contributed by atoms with Crippen LogP contribution in [-0.2, 0) is 12.8 Å². The van der Waals surface area contributed by atoms with Gasteiger partial charge in [0.25, 0.3) is 5.56 Å². The lowest BCUT2D eigenvalue weighted by molar-refractivity contribution is 0.791. The van der Waals surface area contributed by atoms with Crippen LogP contribution in [0, 0.1) is 6.92 Å². The summed E-state index contributed by atoms with van der Waals surface area (Å²) in [6.07, 6.45) is 3.83. The monoisotopic (exact) mass is 258 g/mol. The van der Waals surface area contributed by atoms with Gasteiger partial charge in [-0.2, -0.15) is 0 Å². The van der Waals surface area contributed by atoms with Crippen molar-refractivity contribution in [2.75, 3.05) is 0 Å². The number of hydrogen-bond donors (Lipinski definition) is 1. The summed E-state index contributed by atoms with van der Waals surface area (Å²) in [4.78, 5) is 12.5. The molecule has 0 amide bonds. The van der Waals surface area contributed by atoms with Crippen LogP contribution >= 0.6 is 0 Å². The van der Waals surface area contributed by atoms with Gasteiger partial charge in [0.15, 0.2) is 0 Å². The summed E-state index contributed by atoms with van der Waals surface area (Å²) in [6, 6.07) is 8.03. The zero-order valence-corrected chi connectivity index (χ0v) is 12.0. The minimum atomic E-state index is 0.106. The highest BCUT2D eigenvalue weighted by atomic mass is 16.1. The molecule has 0 radical (unpaired) electrons. The Morgan fingerprint density at radius 1 is 1.05 bits per heavy atom. The van der Waals surface area contributed by atoms with Crippen molar-refractivity contribution in [3.05, 3.63) is 51.4 Å². The zero-order chi connectivity index (χ0) is 13.8. The molecule has 2 aromatic rings. The second kappa shape index (κ2) is 5.91. The van der Waals surface area contributed by atoms with E-state index in [-0.39, 0.29) is 5.56 Å². The summed E-state index contributed by atoms with van der Waals surface area (Å²) in [5, 5.41) is 3.28. The van der Waals surface area contributed by atoms with Gasteiger partial charge in [-0.05, 0) is 31.9 Å². The number of hydrogen-bond acceptors (Lipinski definition) is 1. The first-order chi connectivity index (χ1) is 9.17. The molecule has 1 aromatic heterocycles.